The number of hydrogen-bond acceptors (Lipinski definition) is 4. The van der Waals surface area contributed by atoms with Crippen molar-refractivity contribution in [2.24, 2.45) is 0 Å². The van der Waals surface area contributed by atoms with Gasteiger partial charge in [0.05, 0.1) is 11.0 Å². The van der Waals surface area contributed by atoms with Crippen LogP contribution in [-0.2, 0) is 9.59 Å². The Morgan fingerprint density at radius 3 is 2.44 bits per heavy atom. The molecular formula is C18H19N3O4. The van der Waals surface area contributed by atoms with E-state index < -0.39 is 16.7 Å². The van der Waals surface area contributed by atoms with Crippen molar-refractivity contribution in [1.82, 2.24) is 5.32 Å². The standard InChI is InChI=1S/C18H19N3O4/c1-11-6-4-9-16(12(11)2)13(3)19-17(22)18(23)20-14-7-5-8-15(10-14)21(24)25/h4-10,13H,1-3H3,(H,19,22)(H,20,23)/t13-/m0/s1. The molecule has 2 aromatic carbocycles. The summed E-state index contributed by atoms with van der Waals surface area (Å²) in [6.07, 6.45) is 0. The molecule has 2 N–H and O–H groups in total. The molecule has 0 aromatic heterocycles. The summed E-state index contributed by atoms with van der Waals surface area (Å²) >= 11 is 0. The topological polar surface area (TPSA) is 101 Å². The van der Waals surface area contributed by atoms with Crippen LogP contribution in [0.4, 0.5) is 11.4 Å². The zero-order chi connectivity index (χ0) is 18.6. The number of nitro benzene ring substituents is 1. The van der Waals surface area contributed by atoms with Crippen molar-refractivity contribution in [3.05, 3.63) is 69.3 Å². The number of nitrogens with zero attached hydrogens (tertiary/aromatic N) is 1. The van der Waals surface area contributed by atoms with Crippen LogP contribution in [0.1, 0.15) is 29.7 Å². The van der Waals surface area contributed by atoms with Crippen LogP contribution in [0.5, 0.6) is 0 Å². The van der Waals surface area contributed by atoms with E-state index in [0.717, 1.165) is 16.7 Å². The second-order valence-electron chi connectivity index (χ2n) is 5.75. The molecule has 0 radical (unpaired) electrons. The lowest BCUT2D eigenvalue weighted by molar-refractivity contribution is -0.384. The molecule has 0 fully saturated rings. The van der Waals surface area contributed by atoms with Crippen LogP contribution in [-0.4, -0.2) is 16.7 Å². The van der Waals surface area contributed by atoms with Crippen molar-refractivity contribution in [2.45, 2.75) is 26.8 Å². The first kappa shape index (κ1) is 18.1. The number of amides is 2. The summed E-state index contributed by atoms with van der Waals surface area (Å²) in [5.74, 6) is -1.68. The molecule has 0 spiro atoms. The van der Waals surface area contributed by atoms with Crippen molar-refractivity contribution in [3.8, 4) is 0 Å². The Bertz CT molecular complexity index is 833. The summed E-state index contributed by atoms with van der Waals surface area (Å²) in [7, 11) is 0. The van der Waals surface area contributed by atoms with E-state index in [2.05, 4.69) is 10.6 Å². The van der Waals surface area contributed by atoms with Gasteiger partial charge in [-0.25, -0.2) is 0 Å². The van der Waals surface area contributed by atoms with Crippen LogP contribution < -0.4 is 10.6 Å². The molecule has 0 bridgehead atoms. The molecule has 0 saturated carbocycles. The second kappa shape index (κ2) is 7.57. The number of carbonyl (C=O) groups excluding carboxylic acids is 2. The van der Waals surface area contributed by atoms with Crippen molar-refractivity contribution >= 4 is 23.2 Å². The Morgan fingerprint density at radius 2 is 1.76 bits per heavy atom. The molecule has 0 aliphatic carbocycles. The lowest BCUT2D eigenvalue weighted by atomic mass is 9.98. The zero-order valence-corrected chi connectivity index (χ0v) is 14.2. The quantitative estimate of drug-likeness (QED) is 0.507. The van der Waals surface area contributed by atoms with Crippen LogP contribution in [0.2, 0.25) is 0 Å². The molecule has 0 saturated heterocycles. The molecule has 0 aliphatic rings. The lowest BCUT2D eigenvalue weighted by Gasteiger charge is -2.17. The van der Waals surface area contributed by atoms with E-state index in [0.29, 0.717) is 0 Å². The number of hydrogen-bond donors (Lipinski definition) is 2. The van der Waals surface area contributed by atoms with E-state index in [1.807, 2.05) is 32.0 Å². The van der Waals surface area contributed by atoms with Gasteiger partial charge in [0.15, 0.2) is 0 Å². The Hall–Kier alpha value is -3.22. The average Bonchev–Trinajstić information content (AvgIpc) is 2.57. The first-order valence-corrected chi connectivity index (χ1v) is 7.72. The number of aryl methyl sites for hydroxylation is 1. The number of nitrogens with one attached hydrogen (secondary N) is 2. The van der Waals surface area contributed by atoms with E-state index >= 15 is 0 Å². The number of rotatable bonds is 4. The highest BCUT2D eigenvalue weighted by molar-refractivity contribution is 6.39. The molecular weight excluding hydrogens is 322 g/mol. The molecule has 2 amide bonds. The van der Waals surface area contributed by atoms with Crippen molar-refractivity contribution < 1.29 is 14.5 Å². The van der Waals surface area contributed by atoms with E-state index in [9.17, 15) is 19.7 Å². The van der Waals surface area contributed by atoms with Crippen molar-refractivity contribution in [2.75, 3.05) is 5.32 Å². The van der Waals surface area contributed by atoms with Gasteiger partial charge in [-0.05, 0) is 43.5 Å². The van der Waals surface area contributed by atoms with Gasteiger partial charge in [0, 0.05) is 17.8 Å². The van der Waals surface area contributed by atoms with Crippen LogP contribution in [0, 0.1) is 24.0 Å². The summed E-state index contributed by atoms with van der Waals surface area (Å²) < 4.78 is 0. The number of carbonyl (C=O) groups is 2. The van der Waals surface area contributed by atoms with Gasteiger partial charge < -0.3 is 10.6 Å². The van der Waals surface area contributed by atoms with E-state index in [1.54, 1.807) is 6.92 Å². The highest BCUT2D eigenvalue weighted by atomic mass is 16.6. The number of benzene rings is 2. The maximum Gasteiger partial charge on any atom is 0.313 e. The maximum absolute atomic E-state index is 12.1. The fraction of sp³-hybridized carbons (Fsp3) is 0.222. The Morgan fingerprint density at radius 1 is 1.08 bits per heavy atom. The molecule has 130 valence electrons. The molecule has 0 unspecified atom stereocenters. The van der Waals surface area contributed by atoms with Crippen LogP contribution in [0.15, 0.2) is 42.5 Å². The van der Waals surface area contributed by atoms with Crippen LogP contribution in [0.3, 0.4) is 0 Å². The van der Waals surface area contributed by atoms with Crippen molar-refractivity contribution in [1.29, 1.82) is 0 Å². The molecule has 7 nitrogen and oxygen atoms in total. The van der Waals surface area contributed by atoms with Gasteiger partial charge in [-0.2, -0.15) is 0 Å². The van der Waals surface area contributed by atoms with Crippen LogP contribution in [0.25, 0.3) is 0 Å². The fourth-order valence-electron chi connectivity index (χ4n) is 2.47. The Kier molecular flexibility index (Phi) is 5.49. The van der Waals surface area contributed by atoms with Gasteiger partial charge >= 0.3 is 11.8 Å². The van der Waals surface area contributed by atoms with E-state index in [1.165, 1.54) is 24.3 Å². The monoisotopic (exact) mass is 341 g/mol. The minimum Gasteiger partial charge on any atom is -0.341 e. The van der Waals surface area contributed by atoms with E-state index in [-0.39, 0.29) is 17.4 Å². The van der Waals surface area contributed by atoms with Gasteiger partial charge in [0.2, 0.25) is 0 Å². The SMILES string of the molecule is Cc1cccc([C@H](C)NC(=O)C(=O)Nc2cccc([N+](=O)[O-])c2)c1C. The summed E-state index contributed by atoms with van der Waals surface area (Å²) in [5, 5.41) is 15.7. The number of non-ortho nitro benzene ring substituents is 1. The molecule has 2 aromatic rings. The first-order chi connectivity index (χ1) is 11.8. The van der Waals surface area contributed by atoms with Gasteiger partial charge in [0.25, 0.3) is 5.69 Å². The maximum atomic E-state index is 12.1. The largest absolute Gasteiger partial charge is 0.341 e. The average molecular weight is 341 g/mol. The first-order valence-electron chi connectivity index (χ1n) is 7.72. The van der Waals surface area contributed by atoms with Crippen molar-refractivity contribution in [3.63, 3.8) is 0 Å². The van der Waals surface area contributed by atoms with Gasteiger partial charge in [0.1, 0.15) is 0 Å². The third-order valence-electron chi connectivity index (χ3n) is 3.98. The molecule has 7 heteroatoms. The minimum absolute atomic E-state index is 0.165. The molecule has 0 aliphatic heterocycles. The predicted molar refractivity (Wildman–Crippen MR) is 94.2 cm³/mol. The summed E-state index contributed by atoms with van der Waals surface area (Å²) in [5.41, 5.74) is 3.10. The molecule has 2 rings (SSSR count). The Labute approximate surface area is 145 Å². The smallest absolute Gasteiger partial charge is 0.313 e. The summed E-state index contributed by atoms with van der Waals surface area (Å²) in [6, 6.07) is 10.8. The third-order valence-corrected chi connectivity index (χ3v) is 3.98. The molecule has 25 heavy (non-hydrogen) atoms. The summed E-state index contributed by atoms with van der Waals surface area (Å²) in [6.45, 7) is 5.72. The normalized spacial score (nSPS) is 11.5. The van der Waals surface area contributed by atoms with Crippen LogP contribution >= 0.6 is 0 Å². The summed E-state index contributed by atoms with van der Waals surface area (Å²) in [4.78, 5) is 34.3. The zero-order valence-electron chi connectivity index (χ0n) is 14.2. The van der Waals surface area contributed by atoms with E-state index in [4.69, 9.17) is 0 Å². The number of nitro groups is 1. The number of anilines is 1. The highest BCUT2D eigenvalue weighted by Gasteiger charge is 2.19. The van der Waals surface area contributed by atoms with Gasteiger partial charge in [-0.1, -0.05) is 24.3 Å². The third kappa shape index (κ3) is 4.41. The Balaban J connectivity index is 2.05. The molecule has 1 atom stereocenters. The second-order valence-corrected chi connectivity index (χ2v) is 5.75. The van der Waals surface area contributed by atoms with Gasteiger partial charge in [-0.3, -0.25) is 19.7 Å². The van der Waals surface area contributed by atoms with Gasteiger partial charge in [-0.15, -0.1) is 0 Å². The lowest BCUT2D eigenvalue weighted by Crippen LogP contribution is -2.37. The highest BCUT2D eigenvalue weighted by Crippen LogP contribution is 2.20. The fourth-order valence-corrected chi connectivity index (χ4v) is 2.47. The molecule has 0 heterocycles. The predicted octanol–water partition coefficient (Wildman–Crippen LogP) is 3.03. The minimum atomic E-state index is -0.877.